The van der Waals surface area contributed by atoms with Gasteiger partial charge in [-0.25, -0.2) is 14.8 Å². The van der Waals surface area contributed by atoms with E-state index in [1.165, 1.54) is 27.8 Å². The normalized spacial score (nSPS) is 11.1. The van der Waals surface area contributed by atoms with Crippen LogP contribution >= 0.6 is 11.3 Å². The Balaban J connectivity index is 1.69. The summed E-state index contributed by atoms with van der Waals surface area (Å²) < 4.78 is 12.0. The molecule has 0 aliphatic rings. The van der Waals surface area contributed by atoms with Crippen LogP contribution in [-0.4, -0.2) is 27.1 Å². The van der Waals surface area contributed by atoms with Crippen molar-refractivity contribution < 1.29 is 13.9 Å². The maximum atomic E-state index is 13.0. The Morgan fingerprint density at radius 1 is 1.24 bits per heavy atom. The number of hydrogen-bond acceptors (Lipinski definition) is 7. The number of esters is 1. The van der Waals surface area contributed by atoms with Gasteiger partial charge < -0.3 is 9.15 Å². The molecule has 0 aliphatic carbocycles. The predicted molar refractivity (Wildman–Crippen MR) is 110 cm³/mol. The van der Waals surface area contributed by atoms with E-state index in [9.17, 15) is 9.59 Å². The average Bonchev–Trinajstić information content (AvgIpc) is 3.29. The average molecular weight is 409 g/mol. The summed E-state index contributed by atoms with van der Waals surface area (Å²) in [7, 11) is 0. The summed E-state index contributed by atoms with van der Waals surface area (Å²) in [5.74, 6) is -0.271. The van der Waals surface area contributed by atoms with Crippen LogP contribution in [-0.2, 0) is 11.3 Å². The van der Waals surface area contributed by atoms with E-state index in [2.05, 4.69) is 9.97 Å². The number of ether oxygens (including phenoxy) is 1. The van der Waals surface area contributed by atoms with E-state index >= 15 is 0 Å². The molecule has 7 nitrogen and oxygen atoms in total. The van der Waals surface area contributed by atoms with Gasteiger partial charge in [-0.1, -0.05) is 29.8 Å². The number of rotatable bonds is 5. The summed E-state index contributed by atoms with van der Waals surface area (Å²) in [6, 6.07) is 8.13. The van der Waals surface area contributed by atoms with E-state index in [0.29, 0.717) is 5.76 Å². The SMILES string of the molecule is CCOC(=O)c1c(C)oc2ncn(Cc3csc(-c4ccc(C)cc4)n3)c(=O)c12. The zero-order valence-corrected chi connectivity index (χ0v) is 17.1. The molecule has 0 bridgehead atoms. The highest BCUT2D eigenvalue weighted by Crippen LogP contribution is 2.25. The fraction of sp³-hybridized carbons (Fsp3) is 0.238. The maximum absolute atomic E-state index is 13.0. The first-order chi connectivity index (χ1) is 14.0. The summed E-state index contributed by atoms with van der Waals surface area (Å²) in [6.07, 6.45) is 1.41. The number of benzene rings is 1. The molecular formula is C21H19N3O4S. The number of carbonyl (C=O) groups excluding carboxylic acids is 1. The van der Waals surface area contributed by atoms with Crippen molar-refractivity contribution in [2.24, 2.45) is 0 Å². The maximum Gasteiger partial charge on any atom is 0.342 e. The van der Waals surface area contributed by atoms with Gasteiger partial charge in [0.1, 0.15) is 28.0 Å². The second-order valence-electron chi connectivity index (χ2n) is 6.62. The highest BCUT2D eigenvalue weighted by Gasteiger charge is 2.24. The Hall–Kier alpha value is -3.26. The lowest BCUT2D eigenvalue weighted by molar-refractivity contribution is 0.0526. The Morgan fingerprint density at radius 3 is 2.72 bits per heavy atom. The number of aromatic nitrogens is 3. The lowest BCUT2D eigenvalue weighted by atomic mass is 10.2. The van der Waals surface area contributed by atoms with Gasteiger partial charge in [0.25, 0.3) is 5.56 Å². The molecule has 0 saturated carbocycles. The molecule has 3 heterocycles. The zero-order chi connectivity index (χ0) is 20.5. The Morgan fingerprint density at radius 2 is 2.00 bits per heavy atom. The Labute approximate surface area is 170 Å². The monoisotopic (exact) mass is 409 g/mol. The van der Waals surface area contributed by atoms with Crippen LogP contribution in [0.2, 0.25) is 0 Å². The number of thiazole rings is 1. The van der Waals surface area contributed by atoms with Crippen LogP contribution in [0.1, 0.15) is 34.3 Å². The molecule has 8 heteroatoms. The quantitative estimate of drug-likeness (QED) is 0.464. The van der Waals surface area contributed by atoms with E-state index < -0.39 is 5.97 Å². The van der Waals surface area contributed by atoms with Crippen LogP contribution in [0, 0.1) is 13.8 Å². The van der Waals surface area contributed by atoms with Crippen LogP contribution in [0.25, 0.3) is 21.7 Å². The first-order valence-electron chi connectivity index (χ1n) is 9.15. The number of furan rings is 1. The Bertz CT molecular complexity index is 1250. The largest absolute Gasteiger partial charge is 0.462 e. The lowest BCUT2D eigenvalue weighted by Crippen LogP contribution is -2.22. The fourth-order valence-electron chi connectivity index (χ4n) is 3.08. The second kappa shape index (κ2) is 7.63. The molecule has 0 aliphatic heterocycles. The number of fused-ring (bicyclic) bond motifs is 1. The molecule has 4 rings (SSSR count). The van der Waals surface area contributed by atoms with Gasteiger partial charge in [0.05, 0.1) is 18.8 Å². The van der Waals surface area contributed by atoms with Crippen molar-refractivity contribution in [2.75, 3.05) is 6.61 Å². The molecule has 0 fully saturated rings. The topological polar surface area (TPSA) is 87.2 Å². The summed E-state index contributed by atoms with van der Waals surface area (Å²) in [4.78, 5) is 34.1. The molecule has 0 amide bonds. The minimum atomic E-state index is -0.587. The molecule has 0 spiro atoms. The highest BCUT2D eigenvalue weighted by molar-refractivity contribution is 7.13. The molecule has 0 saturated heterocycles. The standard InChI is InChI=1S/C21H19N3O4S/c1-4-27-21(26)16-13(3)28-18-17(16)20(25)24(11-22-18)9-15-10-29-19(23-15)14-7-5-12(2)6-8-14/h5-8,10-11H,4,9H2,1-3H3. The van der Waals surface area contributed by atoms with Gasteiger partial charge in [-0.05, 0) is 20.8 Å². The van der Waals surface area contributed by atoms with Crippen LogP contribution in [0.4, 0.5) is 0 Å². The molecule has 1 aromatic carbocycles. The highest BCUT2D eigenvalue weighted by atomic mass is 32.1. The van der Waals surface area contributed by atoms with E-state index in [1.54, 1.807) is 13.8 Å². The third-order valence-corrected chi connectivity index (χ3v) is 5.46. The third-order valence-electron chi connectivity index (χ3n) is 4.52. The van der Waals surface area contributed by atoms with E-state index in [4.69, 9.17) is 9.15 Å². The lowest BCUT2D eigenvalue weighted by Gasteiger charge is -2.04. The minimum absolute atomic E-state index is 0.130. The predicted octanol–water partition coefficient (Wildman–Crippen LogP) is 3.95. The molecule has 3 aromatic heterocycles. The Kier molecular flexibility index (Phi) is 5.02. The zero-order valence-electron chi connectivity index (χ0n) is 16.3. The van der Waals surface area contributed by atoms with Crippen LogP contribution in [0.5, 0.6) is 0 Å². The summed E-state index contributed by atoms with van der Waals surface area (Å²) in [5, 5.41) is 2.93. The smallest absolute Gasteiger partial charge is 0.342 e. The van der Waals surface area contributed by atoms with Crippen molar-refractivity contribution in [3.05, 3.63) is 68.9 Å². The molecular weight excluding hydrogens is 390 g/mol. The first kappa shape index (κ1) is 19.1. The van der Waals surface area contributed by atoms with Crippen molar-refractivity contribution in [1.82, 2.24) is 14.5 Å². The molecule has 0 N–H and O–H groups in total. The minimum Gasteiger partial charge on any atom is -0.462 e. The van der Waals surface area contributed by atoms with Crippen LogP contribution in [0.3, 0.4) is 0 Å². The van der Waals surface area contributed by atoms with Gasteiger partial charge in [-0.2, -0.15) is 0 Å². The van der Waals surface area contributed by atoms with Crippen molar-refractivity contribution in [3.8, 4) is 10.6 Å². The second-order valence-corrected chi connectivity index (χ2v) is 7.48. The van der Waals surface area contributed by atoms with E-state index in [1.807, 2.05) is 36.6 Å². The van der Waals surface area contributed by atoms with Crippen molar-refractivity contribution >= 4 is 28.4 Å². The number of aryl methyl sites for hydroxylation is 2. The summed E-state index contributed by atoms with van der Waals surface area (Å²) in [6.45, 7) is 5.82. The molecule has 0 unspecified atom stereocenters. The molecule has 4 aromatic rings. The van der Waals surface area contributed by atoms with Gasteiger partial charge in [0, 0.05) is 10.9 Å². The van der Waals surface area contributed by atoms with Crippen molar-refractivity contribution in [1.29, 1.82) is 0 Å². The number of hydrogen-bond donors (Lipinski definition) is 0. The van der Waals surface area contributed by atoms with E-state index in [0.717, 1.165) is 16.3 Å². The van der Waals surface area contributed by atoms with Gasteiger partial charge in [-0.15, -0.1) is 11.3 Å². The van der Waals surface area contributed by atoms with Gasteiger partial charge in [0.2, 0.25) is 5.71 Å². The van der Waals surface area contributed by atoms with E-state index in [-0.39, 0.29) is 35.4 Å². The first-order valence-corrected chi connectivity index (χ1v) is 10.0. The molecule has 148 valence electrons. The summed E-state index contributed by atoms with van der Waals surface area (Å²) >= 11 is 1.52. The molecule has 29 heavy (non-hydrogen) atoms. The number of carbonyl (C=O) groups is 1. The van der Waals surface area contributed by atoms with Gasteiger partial charge >= 0.3 is 5.97 Å². The molecule has 0 radical (unpaired) electrons. The molecule has 0 atom stereocenters. The van der Waals surface area contributed by atoms with Gasteiger partial charge in [-0.3, -0.25) is 9.36 Å². The third kappa shape index (κ3) is 3.58. The van der Waals surface area contributed by atoms with Crippen LogP contribution < -0.4 is 5.56 Å². The fourth-order valence-corrected chi connectivity index (χ4v) is 3.90. The summed E-state index contributed by atoms with van der Waals surface area (Å²) in [5.41, 5.74) is 2.86. The van der Waals surface area contributed by atoms with Gasteiger partial charge in [0.15, 0.2) is 0 Å². The number of nitrogens with zero attached hydrogens (tertiary/aromatic N) is 3. The van der Waals surface area contributed by atoms with Crippen molar-refractivity contribution in [2.45, 2.75) is 27.3 Å². The van der Waals surface area contributed by atoms with Crippen LogP contribution in [0.15, 0.2) is 45.2 Å². The van der Waals surface area contributed by atoms with Crippen molar-refractivity contribution in [3.63, 3.8) is 0 Å².